The first-order chi connectivity index (χ1) is 8.70. The van der Waals surface area contributed by atoms with E-state index in [1.807, 2.05) is 31.2 Å². The number of rotatable bonds is 3. The molecule has 0 spiro atoms. The Labute approximate surface area is 112 Å². The summed E-state index contributed by atoms with van der Waals surface area (Å²) in [6, 6.07) is 7.86. The van der Waals surface area contributed by atoms with Crippen molar-refractivity contribution >= 4 is 27.2 Å². The lowest BCUT2D eigenvalue weighted by Crippen LogP contribution is -1.94. The van der Waals surface area contributed by atoms with Gasteiger partial charge in [-0.3, -0.25) is 0 Å². The van der Waals surface area contributed by atoms with Crippen molar-refractivity contribution in [2.45, 2.75) is 6.92 Å². The van der Waals surface area contributed by atoms with Crippen molar-refractivity contribution in [3.8, 4) is 6.07 Å². The van der Waals surface area contributed by atoms with Gasteiger partial charge in [0.05, 0.1) is 0 Å². The summed E-state index contributed by atoms with van der Waals surface area (Å²) in [5, 5.41) is 25.3. The highest BCUT2D eigenvalue weighted by Crippen LogP contribution is 2.21. The van der Waals surface area contributed by atoms with E-state index in [1.54, 1.807) is 6.20 Å². The lowest BCUT2D eigenvalue weighted by molar-refractivity contribution is 0.881. The number of hydrogen-bond donors (Lipinski definition) is 2. The van der Waals surface area contributed by atoms with Gasteiger partial charge in [-0.25, -0.2) is 0 Å². The summed E-state index contributed by atoms with van der Waals surface area (Å²) in [4.78, 5) is 0. The molecule has 0 saturated heterocycles. The standard InChI is InChI=1S/C11H9BrN6/c1-7-2-3-9(12)4-10(7)14-6-8(5-13)11-15-17-18-16-11/h2-4,6,14H,1H3,(H,15,16,17,18). The first-order valence-electron chi connectivity index (χ1n) is 5.07. The molecule has 0 aliphatic carbocycles. The number of benzene rings is 1. The number of nitrogens with zero attached hydrogens (tertiary/aromatic N) is 4. The Morgan fingerprint density at radius 3 is 3.06 bits per heavy atom. The number of aromatic amines is 1. The molecule has 0 atom stereocenters. The van der Waals surface area contributed by atoms with E-state index in [0.29, 0.717) is 5.57 Å². The second-order valence-corrected chi connectivity index (χ2v) is 4.42. The molecular formula is C11H9BrN6. The number of nitriles is 1. The molecule has 90 valence electrons. The van der Waals surface area contributed by atoms with E-state index in [1.165, 1.54) is 0 Å². The van der Waals surface area contributed by atoms with Crippen LogP contribution in [0.2, 0.25) is 0 Å². The van der Waals surface area contributed by atoms with E-state index >= 15 is 0 Å². The van der Waals surface area contributed by atoms with E-state index in [2.05, 4.69) is 41.9 Å². The van der Waals surface area contributed by atoms with E-state index < -0.39 is 0 Å². The average Bonchev–Trinajstić information content (AvgIpc) is 2.88. The van der Waals surface area contributed by atoms with Gasteiger partial charge in [-0.2, -0.15) is 10.5 Å². The van der Waals surface area contributed by atoms with Crippen LogP contribution in [-0.4, -0.2) is 20.6 Å². The Bertz CT molecular complexity index is 611. The largest absolute Gasteiger partial charge is 0.360 e. The van der Waals surface area contributed by atoms with E-state index in [0.717, 1.165) is 15.7 Å². The summed E-state index contributed by atoms with van der Waals surface area (Å²) in [6.45, 7) is 1.98. The normalized spacial score (nSPS) is 11.1. The number of aryl methyl sites for hydroxylation is 1. The van der Waals surface area contributed by atoms with Crippen LogP contribution in [0.5, 0.6) is 0 Å². The maximum absolute atomic E-state index is 9.01. The molecule has 1 aromatic carbocycles. The highest BCUT2D eigenvalue weighted by molar-refractivity contribution is 9.10. The minimum absolute atomic E-state index is 0.262. The van der Waals surface area contributed by atoms with E-state index in [4.69, 9.17) is 5.26 Å². The minimum Gasteiger partial charge on any atom is -0.360 e. The number of tetrazole rings is 1. The molecule has 0 fully saturated rings. The predicted molar refractivity (Wildman–Crippen MR) is 70.3 cm³/mol. The predicted octanol–water partition coefficient (Wildman–Crippen LogP) is 2.25. The number of allylic oxidation sites excluding steroid dienone is 1. The second kappa shape index (κ2) is 5.42. The molecule has 2 rings (SSSR count). The van der Waals surface area contributed by atoms with Gasteiger partial charge in [0.25, 0.3) is 0 Å². The molecule has 2 N–H and O–H groups in total. The Balaban J connectivity index is 2.24. The highest BCUT2D eigenvalue weighted by atomic mass is 79.9. The van der Waals surface area contributed by atoms with Crippen LogP contribution < -0.4 is 5.32 Å². The van der Waals surface area contributed by atoms with Crippen molar-refractivity contribution in [3.05, 3.63) is 40.3 Å². The molecule has 6 nitrogen and oxygen atoms in total. The molecular weight excluding hydrogens is 296 g/mol. The fourth-order valence-electron chi connectivity index (χ4n) is 1.32. The SMILES string of the molecule is Cc1ccc(Br)cc1NC=C(C#N)c1nn[nH]n1. The van der Waals surface area contributed by atoms with Crippen molar-refractivity contribution in [1.82, 2.24) is 20.6 Å². The van der Waals surface area contributed by atoms with Crippen LogP contribution >= 0.6 is 15.9 Å². The van der Waals surface area contributed by atoms with Crippen molar-refractivity contribution < 1.29 is 0 Å². The van der Waals surface area contributed by atoms with Crippen LogP contribution in [0.25, 0.3) is 5.57 Å². The number of halogens is 1. The summed E-state index contributed by atoms with van der Waals surface area (Å²) >= 11 is 3.39. The number of H-pyrrole nitrogens is 1. The maximum Gasteiger partial charge on any atom is 0.216 e. The number of anilines is 1. The third kappa shape index (κ3) is 2.73. The van der Waals surface area contributed by atoms with Gasteiger partial charge < -0.3 is 5.32 Å². The molecule has 1 heterocycles. The molecule has 0 aliphatic rings. The van der Waals surface area contributed by atoms with Gasteiger partial charge in [0.2, 0.25) is 5.82 Å². The molecule has 0 aliphatic heterocycles. The lowest BCUT2D eigenvalue weighted by atomic mass is 10.2. The van der Waals surface area contributed by atoms with Crippen molar-refractivity contribution in [3.63, 3.8) is 0 Å². The maximum atomic E-state index is 9.01. The fourth-order valence-corrected chi connectivity index (χ4v) is 1.68. The topological polar surface area (TPSA) is 90.3 Å². The third-order valence-corrected chi connectivity index (χ3v) is 2.77. The summed E-state index contributed by atoms with van der Waals surface area (Å²) in [5.74, 6) is 0.262. The van der Waals surface area contributed by atoms with Crippen molar-refractivity contribution in [1.29, 1.82) is 5.26 Å². The molecule has 0 saturated carbocycles. The number of aromatic nitrogens is 4. The second-order valence-electron chi connectivity index (χ2n) is 3.51. The summed E-state index contributed by atoms with van der Waals surface area (Å²) in [6.07, 6.45) is 1.56. The summed E-state index contributed by atoms with van der Waals surface area (Å²) < 4.78 is 0.960. The van der Waals surface area contributed by atoms with Crippen LogP contribution in [0.1, 0.15) is 11.4 Å². The molecule has 0 unspecified atom stereocenters. The van der Waals surface area contributed by atoms with Crippen LogP contribution in [0, 0.1) is 18.3 Å². The monoisotopic (exact) mass is 304 g/mol. The molecule has 0 amide bonds. The average molecular weight is 305 g/mol. The zero-order valence-corrected chi connectivity index (χ0v) is 11.1. The van der Waals surface area contributed by atoms with Gasteiger partial charge in [0.15, 0.2) is 0 Å². The molecule has 7 heteroatoms. The first-order valence-corrected chi connectivity index (χ1v) is 5.87. The Hall–Kier alpha value is -2.20. The Kier molecular flexibility index (Phi) is 3.69. The van der Waals surface area contributed by atoms with Gasteiger partial charge in [-0.05, 0) is 29.8 Å². The quantitative estimate of drug-likeness (QED) is 0.849. The van der Waals surface area contributed by atoms with Gasteiger partial charge in [-0.15, -0.1) is 10.2 Å². The third-order valence-electron chi connectivity index (χ3n) is 2.28. The number of hydrogen-bond acceptors (Lipinski definition) is 5. The zero-order chi connectivity index (χ0) is 13.0. The minimum atomic E-state index is 0.262. The van der Waals surface area contributed by atoms with Gasteiger partial charge >= 0.3 is 0 Å². The van der Waals surface area contributed by atoms with Gasteiger partial charge in [0.1, 0.15) is 11.6 Å². The lowest BCUT2D eigenvalue weighted by Gasteiger charge is -2.05. The number of nitrogens with one attached hydrogen (secondary N) is 2. The van der Waals surface area contributed by atoms with Crippen molar-refractivity contribution in [2.75, 3.05) is 5.32 Å². The molecule has 18 heavy (non-hydrogen) atoms. The molecule has 1 aromatic heterocycles. The van der Waals surface area contributed by atoms with Crippen LogP contribution in [0.15, 0.2) is 28.9 Å². The molecule has 2 aromatic rings. The van der Waals surface area contributed by atoms with Crippen LogP contribution in [0.3, 0.4) is 0 Å². The smallest absolute Gasteiger partial charge is 0.216 e. The fraction of sp³-hybridized carbons (Fsp3) is 0.0909. The van der Waals surface area contributed by atoms with E-state index in [9.17, 15) is 0 Å². The molecule has 0 radical (unpaired) electrons. The Morgan fingerprint density at radius 2 is 2.39 bits per heavy atom. The Morgan fingerprint density at radius 1 is 1.56 bits per heavy atom. The van der Waals surface area contributed by atoms with Crippen LogP contribution in [0.4, 0.5) is 5.69 Å². The van der Waals surface area contributed by atoms with E-state index in [-0.39, 0.29) is 5.82 Å². The first kappa shape index (κ1) is 12.3. The van der Waals surface area contributed by atoms with Gasteiger partial charge in [0, 0.05) is 16.4 Å². The zero-order valence-electron chi connectivity index (χ0n) is 9.48. The molecule has 0 bridgehead atoms. The van der Waals surface area contributed by atoms with Gasteiger partial charge in [-0.1, -0.05) is 22.0 Å². The van der Waals surface area contributed by atoms with Crippen molar-refractivity contribution in [2.24, 2.45) is 0 Å². The van der Waals surface area contributed by atoms with Crippen LogP contribution in [-0.2, 0) is 0 Å². The highest BCUT2D eigenvalue weighted by Gasteiger charge is 2.05. The summed E-state index contributed by atoms with van der Waals surface area (Å²) in [7, 11) is 0. The summed E-state index contributed by atoms with van der Waals surface area (Å²) in [5.41, 5.74) is 2.28.